The quantitative estimate of drug-likeness (QED) is 0.942. The van der Waals surface area contributed by atoms with Crippen molar-refractivity contribution in [3.05, 3.63) is 41.9 Å². The first kappa shape index (κ1) is 14.9. The number of hydrogen-bond acceptors (Lipinski definition) is 4. The van der Waals surface area contributed by atoms with Crippen molar-refractivity contribution in [2.75, 3.05) is 11.9 Å². The molecule has 0 atom stereocenters. The minimum absolute atomic E-state index is 0.0951. The van der Waals surface area contributed by atoms with E-state index in [0.29, 0.717) is 12.2 Å². The predicted octanol–water partition coefficient (Wildman–Crippen LogP) is 2.91. The molecule has 2 aliphatic heterocycles. The molecule has 0 bridgehead atoms. The number of fused-ring (bicyclic) bond motifs is 1. The Bertz CT molecular complexity index is 777. The summed E-state index contributed by atoms with van der Waals surface area (Å²) in [7, 11) is 0. The fourth-order valence-corrected chi connectivity index (χ4v) is 3.17. The number of benzene rings is 1. The van der Waals surface area contributed by atoms with Gasteiger partial charge in [0.05, 0.1) is 18.4 Å². The van der Waals surface area contributed by atoms with Crippen LogP contribution in [0, 0.1) is 0 Å². The molecule has 4 rings (SSSR count). The molecule has 2 aliphatic rings. The molecule has 0 spiro atoms. The number of nitrogens with zero attached hydrogens (tertiary/aromatic N) is 3. The number of carbonyl (C=O) groups is 1. The molecular formula is C18H20N4O2. The summed E-state index contributed by atoms with van der Waals surface area (Å²) < 4.78 is 7.42. The molecule has 1 aromatic carbocycles. The number of amides is 1. The summed E-state index contributed by atoms with van der Waals surface area (Å²) in [6, 6.07) is 7.77. The van der Waals surface area contributed by atoms with Gasteiger partial charge in [-0.25, -0.2) is 0 Å². The first-order valence-corrected chi connectivity index (χ1v) is 8.46. The highest BCUT2D eigenvalue weighted by Gasteiger charge is 2.17. The monoisotopic (exact) mass is 324 g/mol. The minimum atomic E-state index is -0.0951. The fourth-order valence-electron chi connectivity index (χ4n) is 3.17. The predicted molar refractivity (Wildman–Crippen MR) is 90.3 cm³/mol. The first-order chi connectivity index (χ1) is 11.8. The van der Waals surface area contributed by atoms with E-state index in [1.807, 2.05) is 24.3 Å². The van der Waals surface area contributed by atoms with E-state index in [9.17, 15) is 4.79 Å². The van der Waals surface area contributed by atoms with Gasteiger partial charge in [0.25, 0.3) is 5.91 Å². The van der Waals surface area contributed by atoms with Gasteiger partial charge in [-0.3, -0.25) is 4.79 Å². The second-order valence-corrected chi connectivity index (χ2v) is 6.20. The molecule has 6 heteroatoms. The topological polar surface area (TPSA) is 69.0 Å². The summed E-state index contributed by atoms with van der Waals surface area (Å²) in [6.07, 6.45) is 6.56. The largest absolute Gasteiger partial charge is 0.501 e. The number of hydrogen-bond donors (Lipinski definition) is 1. The van der Waals surface area contributed by atoms with Crippen LogP contribution >= 0.6 is 0 Å². The third-order valence-electron chi connectivity index (χ3n) is 4.49. The van der Waals surface area contributed by atoms with Gasteiger partial charge in [0, 0.05) is 24.2 Å². The lowest BCUT2D eigenvalue weighted by molar-refractivity contribution is -0.113. The van der Waals surface area contributed by atoms with Gasteiger partial charge in [-0.2, -0.15) is 0 Å². The van der Waals surface area contributed by atoms with Crippen LogP contribution < -0.4 is 5.32 Å². The molecular weight excluding hydrogens is 304 g/mol. The molecule has 0 fully saturated rings. The van der Waals surface area contributed by atoms with Crippen molar-refractivity contribution in [2.24, 2.45) is 0 Å². The van der Waals surface area contributed by atoms with Crippen molar-refractivity contribution in [1.29, 1.82) is 0 Å². The molecule has 0 saturated carbocycles. The summed E-state index contributed by atoms with van der Waals surface area (Å²) in [5.74, 6) is 1.88. The fraction of sp³-hybridized carbons (Fsp3) is 0.389. The lowest BCUT2D eigenvalue weighted by atomic mass is 10.1. The van der Waals surface area contributed by atoms with E-state index in [1.165, 1.54) is 12.8 Å². The molecule has 24 heavy (non-hydrogen) atoms. The summed E-state index contributed by atoms with van der Waals surface area (Å²) in [4.78, 5) is 12.2. The number of aromatic nitrogens is 3. The van der Waals surface area contributed by atoms with E-state index >= 15 is 0 Å². The third kappa shape index (κ3) is 2.91. The van der Waals surface area contributed by atoms with Gasteiger partial charge in [-0.05, 0) is 49.9 Å². The maximum atomic E-state index is 12.2. The molecule has 2 aromatic rings. The van der Waals surface area contributed by atoms with Gasteiger partial charge in [-0.15, -0.1) is 10.2 Å². The van der Waals surface area contributed by atoms with Crippen molar-refractivity contribution in [3.8, 4) is 11.4 Å². The summed E-state index contributed by atoms with van der Waals surface area (Å²) in [5, 5.41) is 11.5. The van der Waals surface area contributed by atoms with E-state index in [0.717, 1.165) is 48.7 Å². The maximum absolute atomic E-state index is 12.2. The molecule has 0 aliphatic carbocycles. The molecule has 3 heterocycles. The van der Waals surface area contributed by atoms with Gasteiger partial charge < -0.3 is 14.6 Å². The van der Waals surface area contributed by atoms with Crippen molar-refractivity contribution < 1.29 is 9.53 Å². The Morgan fingerprint density at radius 2 is 1.96 bits per heavy atom. The maximum Gasteiger partial charge on any atom is 0.254 e. The Hall–Kier alpha value is -2.63. The van der Waals surface area contributed by atoms with Crippen LogP contribution in [0.15, 0.2) is 36.1 Å². The molecule has 1 amide bonds. The summed E-state index contributed by atoms with van der Waals surface area (Å²) in [6.45, 7) is 1.67. The van der Waals surface area contributed by atoms with Gasteiger partial charge in [-0.1, -0.05) is 0 Å². The van der Waals surface area contributed by atoms with Crippen LogP contribution in [0.2, 0.25) is 0 Å². The van der Waals surface area contributed by atoms with Gasteiger partial charge >= 0.3 is 0 Å². The second kappa shape index (κ2) is 6.47. The average molecular weight is 324 g/mol. The first-order valence-electron chi connectivity index (χ1n) is 8.46. The number of rotatable bonds is 3. The van der Waals surface area contributed by atoms with E-state index in [-0.39, 0.29) is 5.91 Å². The number of anilines is 1. The lowest BCUT2D eigenvalue weighted by Gasteiger charge is -2.15. The van der Waals surface area contributed by atoms with E-state index in [1.54, 1.807) is 6.26 Å². The zero-order valence-corrected chi connectivity index (χ0v) is 13.5. The van der Waals surface area contributed by atoms with E-state index in [4.69, 9.17) is 4.74 Å². The van der Waals surface area contributed by atoms with E-state index < -0.39 is 0 Å². The third-order valence-corrected chi connectivity index (χ3v) is 4.49. The molecule has 1 aromatic heterocycles. The van der Waals surface area contributed by atoms with Crippen LogP contribution in [-0.2, 0) is 22.5 Å². The summed E-state index contributed by atoms with van der Waals surface area (Å²) in [5.41, 5.74) is 2.49. The normalized spacial score (nSPS) is 16.8. The van der Waals surface area contributed by atoms with Crippen molar-refractivity contribution in [3.63, 3.8) is 0 Å². The van der Waals surface area contributed by atoms with Gasteiger partial charge in [0.15, 0.2) is 5.82 Å². The van der Waals surface area contributed by atoms with Crippen LogP contribution in [0.25, 0.3) is 11.4 Å². The van der Waals surface area contributed by atoms with Crippen molar-refractivity contribution in [1.82, 2.24) is 14.8 Å². The number of ether oxygens (including phenoxy) is 1. The summed E-state index contributed by atoms with van der Waals surface area (Å²) >= 11 is 0. The Balaban J connectivity index is 1.50. The average Bonchev–Trinajstić information content (AvgIpc) is 3.07. The van der Waals surface area contributed by atoms with Gasteiger partial charge in [0.2, 0.25) is 0 Å². The highest BCUT2D eigenvalue weighted by atomic mass is 16.5. The Morgan fingerprint density at radius 1 is 1.08 bits per heavy atom. The standard InChI is InChI=1S/C18H20N4O2/c23-18(14-4-3-11-24-12-14)19-15-8-6-13(7-9-15)17-21-20-16-5-1-2-10-22(16)17/h6-9,12H,1-5,10-11H2,(H,19,23). The van der Waals surface area contributed by atoms with Crippen LogP contribution in [0.5, 0.6) is 0 Å². The van der Waals surface area contributed by atoms with Crippen molar-refractivity contribution in [2.45, 2.75) is 38.6 Å². The molecule has 0 radical (unpaired) electrons. The van der Waals surface area contributed by atoms with Crippen LogP contribution in [0.3, 0.4) is 0 Å². The Morgan fingerprint density at radius 3 is 2.75 bits per heavy atom. The smallest absolute Gasteiger partial charge is 0.254 e. The Labute approximate surface area is 140 Å². The van der Waals surface area contributed by atoms with Crippen LogP contribution in [-0.4, -0.2) is 27.3 Å². The van der Waals surface area contributed by atoms with Crippen LogP contribution in [0.4, 0.5) is 5.69 Å². The molecule has 0 unspecified atom stereocenters. The molecule has 0 saturated heterocycles. The lowest BCUT2D eigenvalue weighted by Crippen LogP contribution is -2.17. The molecule has 6 nitrogen and oxygen atoms in total. The Kier molecular flexibility index (Phi) is 4.02. The highest BCUT2D eigenvalue weighted by molar-refractivity contribution is 6.03. The van der Waals surface area contributed by atoms with Crippen molar-refractivity contribution >= 4 is 11.6 Å². The van der Waals surface area contributed by atoms with Gasteiger partial charge in [0.1, 0.15) is 5.82 Å². The second-order valence-electron chi connectivity index (χ2n) is 6.20. The minimum Gasteiger partial charge on any atom is -0.501 e. The van der Waals surface area contributed by atoms with Crippen LogP contribution in [0.1, 0.15) is 31.5 Å². The zero-order chi connectivity index (χ0) is 16.4. The number of nitrogens with one attached hydrogen (secondary N) is 1. The highest BCUT2D eigenvalue weighted by Crippen LogP contribution is 2.24. The van der Waals surface area contributed by atoms with E-state index in [2.05, 4.69) is 20.1 Å². The molecule has 1 N–H and O–H groups in total. The zero-order valence-electron chi connectivity index (χ0n) is 13.5. The SMILES string of the molecule is O=C(Nc1ccc(-c2nnc3n2CCCC3)cc1)C1=COCCC1. The number of carbonyl (C=O) groups excluding carboxylic acids is 1. The number of aryl methyl sites for hydroxylation is 1. The molecule has 124 valence electrons.